The van der Waals surface area contributed by atoms with Crippen LogP contribution in [0.25, 0.3) is 0 Å². The Morgan fingerprint density at radius 2 is 2.04 bits per heavy atom. The molecule has 2 rings (SSSR count). The highest BCUT2D eigenvalue weighted by Gasteiger charge is 2.37. The average molecular weight is 365 g/mol. The standard InChI is InChI=1S/C16H19N3O7/c1-7(2)26-15(21)13-8(3)17-16(22)18-14(13)9-5-11(20)12(25-4)6-10(9)19(23)24/h5-7,14,20H,1-4H3,(H2,17,18,22). The molecule has 10 heteroatoms. The van der Waals surface area contributed by atoms with Gasteiger partial charge in [-0.1, -0.05) is 0 Å². The fourth-order valence-corrected chi connectivity index (χ4v) is 2.60. The Balaban J connectivity index is 2.65. The van der Waals surface area contributed by atoms with Crippen LogP contribution >= 0.6 is 0 Å². The van der Waals surface area contributed by atoms with Gasteiger partial charge >= 0.3 is 12.0 Å². The van der Waals surface area contributed by atoms with E-state index in [4.69, 9.17) is 9.47 Å². The number of nitro groups is 1. The largest absolute Gasteiger partial charge is 0.504 e. The van der Waals surface area contributed by atoms with Gasteiger partial charge in [0.25, 0.3) is 5.69 Å². The number of carbonyl (C=O) groups is 2. The van der Waals surface area contributed by atoms with E-state index < -0.39 is 34.8 Å². The molecule has 0 saturated heterocycles. The molecule has 26 heavy (non-hydrogen) atoms. The highest BCUT2D eigenvalue weighted by atomic mass is 16.6. The van der Waals surface area contributed by atoms with Crippen LogP contribution in [0, 0.1) is 10.1 Å². The van der Waals surface area contributed by atoms with Gasteiger partial charge in [0, 0.05) is 5.70 Å². The monoisotopic (exact) mass is 365 g/mol. The van der Waals surface area contributed by atoms with Crippen molar-refractivity contribution >= 4 is 17.7 Å². The highest BCUT2D eigenvalue weighted by Crippen LogP contribution is 2.40. The summed E-state index contributed by atoms with van der Waals surface area (Å²) >= 11 is 0. The number of rotatable bonds is 5. The van der Waals surface area contributed by atoms with Crippen molar-refractivity contribution in [2.75, 3.05) is 7.11 Å². The predicted octanol–water partition coefficient (Wildman–Crippen LogP) is 1.89. The summed E-state index contributed by atoms with van der Waals surface area (Å²) in [6.45, 7) is 4.79. The molecular weight excluding hydrogens is 346 g/mol. The van der Waals surface area contributed by atoms with Crippen molar-refractivity contribution in [3.63, 3.8) is 0 Å². The molecule has 1 aromatic rings. The fourth-order valence-electron chi connectivity index (χ4n) is 2.60. The minimum Gasteiger partial charge on any atom is -0.504 e. The normalized spacial score (nSPS) is 16.8. The second kappa shape index (κ2) is 7.30. The Kier molecular flexibility index (Phi) is 5.34. The second-order valence-corrected chi connectivity index (χ2v) is 5.86. The molecule has 2 amide bonds. The molecular formula is C16H19N3O7. The molecule has 0 fully saturated rings. The Labute approximate surface area is 148 Å². The number of phenolic OH excluding ortho intramolecular Hbond substituents is 1. The van der Waals surface area contributed by atoms with E-state index in [0.717, 1.165) is 12.1 Å². The number of nitrogens with zero attached hydrogens (tertiary/aromatic N) is 1. The second-order valence-electron chi connectivity index (χ2n) is 5.86. The third-order valence-corrected chi connectivity index (χ3v) is 3.67. The minimum absolute atomic E-state index is 0.00552. The van der Waals surface area contributed by atoms with Gasteiger partial charge in [-0.3, -0.25) is 10.1 Å². The number of methoxy groups -OCH3 is 1. The molecule has 140 valence electrons. The van der Waals surface area contributed by atoms with Crippen LogP contribution in [0.2, 0.25) is 0 Å². The maximum absolute atomic E-state index is 12.5. The van der Waals surface area contributed by atoms with Crippen LogP contribution in [0.5, 0.6) is 11.5 Å². The van der Waals surface area contributed by atoms with E-state index in [1.54, 1.807) is 13.8 Å². The quantitative estimate of drug-likeness (QED) is 0.411. The van der Waals surface area contributed by atoms with Gasteiger partial charge in [0.2, 0.25) is 0 Å². The van der Waals surface area contributed by atoms with Gasteiger partial charge in [-0.15, -0.1) is 0 Å². The maximum atomic E-state index is 12.5. The number of aromatic hydroxyl groups is 1. The number of nitrogens with one attached hydrogen (secondary N) is 2. The average Bonchev–Trinajstić information content (AvgIpc) is 2.52. The van der Waals surface area contributed by atoms with Crippen LogP contribution in [0.15, 0.2) is 23.4 Å². The zero-order valence-corrected chi connectivity index (χ0v) is 14.7. The van der Waals surface area contributed by atoms with Crippen molar-refractivity contribution < 1.29 is 29.1 Å². The molecule has 0 radical (unpaired) electrons. The van der Waals surface area contributed by atoms with E-state index in [1.807, 2.05) is 0 Å². The van der Waals surface area contributed by atoms with Crippen molar-refractivity contribution in [3.8, 4) is 11.5 Å². The van der Waals surface area contributed by atoms with Gasteiger partial charge in [0.15, 0.2) is 11.5 Å². The smallest absolute Gasteiger partial charge is 0.338 e. The molecule has 3 N–H and O–H groups in total. The van der Waals surface area contributed by atoms with Crippen LogP contribution in [0.3, 0.4) is 0 Å². The van der Waals surface area contributed by atoms with E-state index in [2.05, 4.69) is 10.6 Å². The summed E-state index contributed by atoms with van der Waals surface area (Å²) in [4.78, 5) is 35.1. The number of phenols is 1. The molecule has 0 saturated carbocycles. The first-order chi connectivity index (χ1) is 12.1. The Morgan fingerprint density at radius 1 is 1.38 bits per heavy atom. The van der Waals surface area contributed by atoms with E-state index in [9.17, 15) is 24.8 Å². The minimum atomic E-state index is -1.17. The molecule has 1 unspecified atom stereocenters. The van der Waals surface area contributed by atoms with Crippen LogP contribution in [0.1, 0.15) is 32.4 Å². The number of urea groups is 1. The summed E-state index contributed by atoms with van der Waals surface area (Å²) in [5, 5.41) is 26.4. The SMILES string of the molecule is COc1cc([N+](=O)[O-])c(C2NC(=O)NC(C)=C2C(=O)OC(C)C)cc1O. The topological polar surface area (TPSA) is 140 Å². The van der Waals surface area contributed by atoms with Crippen molar-refractivity contribution in [1.29, 1.82) is 0 Å². The molecule has 10 nitrogen and oxygen atoms in total. The first-order valence-electron chi connectivity index (χ1n) is 7.70. The van der Waals surface area contributed by atoms with Crippen molar-refractivity contribution in [1.82, 2.24) is 10.6 Å². The highest BCUT2D eigenvalue weighted by molar-refractivity contribution is 5.95. The summed E-state index contributed by atoms with van der Waals surface area (Å²) in [5.41, 5.74) is -0.285. The summed E-state index contributed by atoms with van der Waals surface area (Å²) in [5.74, 6) is -1.21. The van der Waals surface area contributed by atoms with E-state index >= 15 is 0 Å². The lowest BCUT2D eigenvalue weighted by Crippen LogP contribution is -2.45. The van der Waals surface area contributed by atoms with Gasteiger partial charge in [0.1, 0.15) is 0 Å². The molecule has 0 bridgehead atoms. The lowest BCUT2D eigenvalue weighted by Gasteiger charge is -2.28. The van der Waals surface area contributed by atoms with Crippen LogP contribution in [0.4, 0.5) is 10.5 Å². The van der Waals surface area contributed by atoms with E-state index in [-0.39, 0.29) is 28.3 Å². The number of hydrogen-bond donors (Lipinski definition) is 3. The number of benzene rings is 1. The Morgan fingerprint density at radius 3 is 2.58 bits per heavy atom. The van der Waals surface area contributed by atoms with Gasteiger partial charge in [-0.05, 0) is 26.8 Å². The number of ether oxygens (including phenoxy) is 2. The maximum Gasteiger partial charge on any atom is 0.338 e. The number of hydrogen-bond acceptors (Lipinski definition) is 7. The lowest BCUT2D eigenvalue weighted by atomic mass is 9.93. The summed E-state index contributed by atoms with van der Waals surface area (Å²) < 4.78 is 10.1. The molecule has 1 aliphatic rings. The summed E-state index contributed by atoms with van der Waals surface area (Å²) in [6.07, 6.45) is -0.430. The van der Waals surface area contributed by atoms with Gasteiger partial charge in [-0.25, -0.2) is 9.59 Å². The van der Waals surface area contributed by atoms with Gasteiger partial charge in [0.05, 0.1) is 41.4 Å². The van der Waals surface area contributed by atoms with Gasteiger partial charge in [-0.2, -0.15) is 0 Å². The third kappa shape index (κ3) is 3.68. The zero-order chi connectivity index (χ0) is 19.6. The van der Waals surface area contributed by atoms with E-state index in [0.29, 0.717) is 0 Å². The molecule has 1 aliphatic heterocycles. The van der Waals surface area contributed by atoms with Crippen molar-refractivity contribution in [3.05, 3.63) is 39.1 Å². The first kappa shape index (κ1) is 19.0. The predicted molar refractivity (Wildman–Crippen MR) is 89.6 cm³/mol. The first-order valence-corrected chi connectivity index (χ1v) is 7.70. The van der Waals surface area contributed by atoms with Crippen molar-refractivity contribution in [2.24, 2.45) is 0 Å². The molecule has 1 atom stereocenters. The number of allylic oxidation sites excluding steroid dienone is 1. The number of carbonyl (C=O) groups excluding carboxylic acids is 2. The van der Waals surface area contributed by atoms with Crippen molar-refractivity contribution in [2.45, 2.75) is 32.9 Å². The number of esters is 1. The van der Waals surface area contributed by atoms with Crippen LogP contribution < -0.4 is 15.4 Å². The van der Waals surface area contributed by atoms with Gasteiger partial charge < -0.3 is 25.2 Å². The fraction of sp³-hybridized carbons (Fsp3) is 0.375. The van der Waals surface area contributed by atoms with E-state index in [1.165, 1.54) is 14.0 Å². The number of nitro benzene ring substituents is 1. The summed E-state index contributed by atoms with van der Waals surface area (Å²) in [7, 11) is 1.25. The van der Waals surface area contributed by atoms with Crippen LogP contribution in [-0.2, 0) is 9.53 Å². The summed E-state index contributed by atoms with van der Waals surface area (Å²) in [6, 6.07) is 0.299. The molecule has 1 aromatic carbocycles. The molecule has 1 heterocycles. The third-order valence-electron chi connectivity index (χ3n) is 3.67. The Bertz CT molecular complexity index is 801. The zero-order valence-electron chi connectivity index (χ0n) is 14.7. The number of amides is 2. The molecule has 0 spiro atoms. The lowest BCUT2D eigenvalue weighted by molar-refractivity contribution is -0.385. The molecule has 0 aliphatic carbocycles. The van der Waals surface area contributed by atoms with Crippen LogP contribution in [-0.4, -0.2) is 35.2 Å². The Hall–Kier alpha value is -3.30. The molecule has 0 aromatic heterocycles.